The van der Waals surface area contributed by atoms with Crippen LogP contribution in [-0.2, 0) is 12.3 Å². The van der Waals surface area contributed by atoms with Crippen LogP contribution >= 0.6 is 7.26 Å². The molecule has 0 bridgehead atoms. The molecule has 0 fully saturated rings. The van der Waals surface area contributed by atoms with Gasteiger partial charge in [0.1, 0.15) is 0 Å². The lowest BCUT2D eigenvalue weighted by Crippen LogP contribution is -1.95. The van der Waals surface area contributed by atoms with Gasteiger partial charge in [0.05, 0.1) is 31.2 Å². The Bertz CT molecular complexity index is 604. The van der Waals surface area contributed by atoms with Crippen molar-refractivity contribution in [1.29, 1.82) is 0 Å². The molecule has 1 aliphatic heterocycles. The number of hydrogen-bond donors (Lipinski definition) is 0. The van der Waals surface area contributed by atoms with E-state index in [2.05, 4.69) is 86.1 Å². The third kappa shape index (κ3) is 3.34. The van der Waals surface area contributed by atoms with Crippen molar-refractivity contribution in [3.63, 3.8) is 0 Å². The molecule has 2 aromatic rings. The van der Waals surface area contributed by atoms with Gasteiger partial charge >= 0.3 is 0 Å². The van der Waals surface area contributed by atoms with E-state index in [1.54, 1.807) is 0 Å². The fourth-order valence-corrected chi connectivity index (χ4v) is 7.38. The Morgan fingerprint density at radius 3 is 1.38 bits per heavy atom. The summed E-state index contributed by atoms with van der Waals surface area (Å²) >= 11 is 0. The molecule has 0 N–H and O–H groups in total. The van der Waals surface area contributed by atoms with Gasteiger partial charge in [0.2, 0.25) is 0 Å². The highest BCUT2D eigenvalue weighted by Crippen LogP contribution is 2.71. The first kappa shape index (κ1) is 14.3. The van der Waals surface area contributed by atoms with Gasteiger partial charge in [-0.05, 0) is 36.1 Å². The number of hydrogen-bond acceptors (Lipinski definition) is 0. The van der Waals surface area contributed by atoms with Gasteiger partial charge in [-0.3, -0.25) is 0 Å². The van der Waals surface area contributed by atoms with Gasteiger partial charge in [-0.25, -0.2) is 0 Å². The van der Waals surface area contributed by atoms with Crippen molar-refractivity contribution in [2.24, 2.45) is 0 Å². The molecular weight excluding hydrogens is 271 g/mol. The second-order valence-corrected chi connectivity index (χ2v) is 9.37. The first-order valence-electron chi connectivity index (χ1n) is 7.50. The summed E-state index contributed by atoms with van der Waals surface area (Å²) in [5.74, 6) is 5.14. The van der Waals surface area contributed by atoms with Crippen molar-refractivity contribution >= 4 is 7.26 Å². The van der Waals surface area contributed by atoms with Crippen LogP contribution < -0.4 is 0 Å². The smallest absolute Gasteiger partial charge is 0.0622 e. The van der Waals surface area contributed by atoms with Gasteiger partial charge in [-0.15, -0.1) is 0 Å². The van der Waals surface area contributed by atoms with Crippen molar-refractivity contribution in [2.45, 2.75) is 26.2 Å². The zero-order valence-corrected chi connectivity index (χ0v) is 13.7. The van der Waals surface area contributed by atoms with E-state index in [9.17, 15) is 0 Å². The lowest BCUT2D eigenvalue weighted by atomic mass is 10.2. The minimum absolute atomic E-state index is 1.18. The molecule has 0 aliphatic carbocycles. The third-order valence-corrected chi connectivity index (χ3v) is 7.87. The lowest BCUT2D eigenvalue weighted by molar-refractivity contribution is 1.31. The second-order valence-electron chi connectivity index (χ2n) is 6.01. The lowest BCUT2D eigenvalue weighted by Gasteiger charge is -2.18. The normalized spacial score (nSPS) is 16.5. The van der Waals surface area contributed by atoms with Crippen LogP contribution in [0.4, 0.5) is 0 Å². The van der Waals surface area contributed by atoms with E-state index in [1.807, 2.05) is 0 Å². The summed E-state index contributed by atoms with van der Waals surface area (Å²) in [7, 11) is -1.23. The molecule has 0 radical (unpaired) electrons. The Morgan fingerprint density at radius 1 is 0.619 bits per heavy atom. The van der Waals surface area contributed by atoms with Gasteiger partial charge in [0, 0.05) is 0 Å². The molecule has 1 aliphatic rings. The van der Waals surface area contributed by atoms with Crippen LogP contribution in [-0.4, -0.2) is 0 Å². The molecule has 0 unspecified atom stereocenters. The predicted molar refractivity (Wildman–Crippen MR) is 94.7 cm³/mol. The van der Waals surface area contributed by atoms with E-state index in [4.69, 9.17) is 0 Å². The fourth-order valence-electron chi connectivity index (χ4n) is 3.10. The predicted octanol–water partition coefficient (Wildman–Crippen LogP) is 6.23. The first-order chi connectivity index (χ1) is 10.2. The van der Waals surface area contributed by atoms with Gasteiger partial charge in [-0.2, -0.15) is 0 Å². The zero-order valence-electron chi connectivity index (χ0n) is 12.8. The Balaban J connectivity index is 1.93. The molecule has 1 heterocycles. The van der Waals surface area contributed by atoms with Crippen LogP contribution in [0.2, 0.25) is 0 Å². The average molecular weight is 293 g/mol. The summed E-state index contributed by atoms with van der Waals surface area (Å²) < 4.78 is 0. The Labute approximate surface area is 128 Å². The van der Waals surface area contributed by atoms with Crippen LogP contribution in [0.3, 0.4) is 0 Å². The molecule has 0 spiro atoms. The van der Waals surface area contributed by atoms with Crippen molar-refractivity contribution < 1.29 is 0 Å². The standard InChI is InChI=1S/C20H22P/c1-17-13-21(14-18(17)2,15-19-9-5-3-6-10-19)16-20-11-7-4-8-12-20/h3-14H,15-16H2,1-2H3/q+1. The molecular formula is C20H22P+. The van der Waals surface area contributed by atoms with E-state index in [1.165, 1.54) is 34.6 Å². The maximum atomic E-state index is 2.57. The highest BCUT2D eigenvalue weighted by molar-refractivity contribution is 7.80. The van der Waals surface area contributed by atoms with E-state index < -0.39 is 7.26 Å². The van der Waals surface area contributed by atoms with Crippen molar-refractivity contribution in [3.05, 3.63) is 94.6 Å². The molecule has 0 amide bonds. The Hall–Kier alpha value is -1.65. The van der Waals surface area contributed by atoms with E-state index in [0.717, 1.165) is 0 Å². The molecule has 0 aromatic heterocycles. The summed E-state index contributed by atoms with van der Waals surface area (Å²) in [5.41, 5.74) is 5.85. The molecule has 0 saturated heterocycles. The number of allylic oxidation sites excluding steroid dienone is 2. The van der Waals surface area contributed by atoms with Gasteiger partial charge < -0.3 is 0 Å². The second kappa shape index (κ2) is 6.00. The van der Waals surface area contributed by atoms with Gasteiger partial charge in [0.25, 0.3) is 0 Å². The molecule has 3 rings (SSSR count). The highest BCUT2D eigenvalue weighted by Gasteiger charge is 2.38. The summed E-state index contributed by atoms with van der Waals surface area (Å²) in [4.78, 5) is 0. The molecule has 2 aromatic carbocycles. The molecule has 0 atom stereocenters. The van der Waals surface area contributed by atoms with Crippen LogP contribution in [0.5, 0.6) is 0 Å². The SMILES string of the molecule is CC1=C[P+](Cc2ccccc2)(Cc2ccccc2)C=C1C. The Morgan fingerprint density at radius 2 is 1.00 bits per heavy atom. The number of rotatable bonds is 4. The highest BCUT2D eigenvalue weighted by atomic mass is 31.2. The topological polar surface area (TPSA) is 0 Å². The average Bonchev–Trinajstić information content (AvgIpc) is 2.75. The Kier molecular flexibility index (Phi) is 4.08. The molecule has 0 saturated carbocycles. The van der Waals surface area contributed by atoms with Crippen LogP contribution in [0.1, 0.15) is 25.0 Å². The maximum Gasteiger partial charge on any atom is 0.0929 e. The van der Waals surface area contributed by atoms with E-state index in [0.29, 0.717) is 0 Å². The van der Waals surface area contributed by atoms with Crippen LogP contribution in [0.25, 0.3) is 0 Å². The van der Waals surface area contributed by atoms with Crippen molar-refractivity contribution in [2.75, 3.05) is 0 Å². The van der Waals surface area contributed by atoms with Crippen LogP contribution in [0.15, 0.2) is 83.4 Å². The van der Waals surface area contributed by atoms with Crippen molar-refractivity contribution in [3.8, 4) is 0 Å². The molecule has 1 heteroatoms. The summed E-state index contributed by atoms with van der Waals surface area (Å²) in [6.45, 7) is 4.51. The monoisotopic (exact) mass is 293 g/mol. The first-order valence-corrected chi connectivity index (χ1v) is 9.80. The largest absolute Gasteiger partial charge is 0.0929 e. The van der Waals surface area contributed by atoms with Gasteiger partial charge in [0.15, 0.2) is 0 Å². The summed E-state index contributed by atoms with van der Waals surface area (Å²) in [6.07, 6.45) is 2.36. The number of benzene rings is 2. The third-order valence-electron chi connectivity index (χ3n) is 4.16. The molecule has 106 valence electrons. The van der Waals surface area contributed by atoms with E-state index in [-0.39, 0.29) is 0 Å². The van der Waals surface area contributed by atoms with Crippen LogP contribution in [0, 0.1) is 0 Å². The molecule has 0 nitrogen and oxygen atoms in total. The molecule has 21 heavy (non-hydrogen) atoms. The van der Waals surface area contributed by atoms with E-state index >= 15 is 0 Å². The quantitative estimate of drug-likeness (QED) is 0.586. The maximum absolute atomic E-state index is 2.57. The minimum atomic E-state index is -1.23. The zero-order chi connectivity index (χ0) is 14.7. The van der Waals surface area contributed by atoms with Gasteiger partial charge in [-0.1, -0.05) is 60.7 Å². The van der Waals surface area contributed by atoms with Crippen molar-refractivity contribution in [1.82, 2.24) is 0 Å². The summed E-state index contributed by atoms with van der Waals surface area (Å²) in [5, 5.41) is 0. The fraction of sp³-hybridized carbons (Fsp3) is 0.200. The minimum Gasteiger partial charge on any atom is -0.0622 e. The summed E-state index contributed by atoms with van der Waals surface area (Å²) in [6, 6.07) is 21.8.